The van der Waals surface area contributed by atoms with Crippen LogP contribution >= 0.6 is 15.2 Å². The number of hydrogen-bond acceptors (Lipinski definition) is 2. The SMILES string of the molecule is CCCCCCCCCCC(C)(P(=O)(O)O)P(=O)(O)O. The molecular formula is C12H28O6P2. The summed E-state index contributed by atoms with van der Waals surface area (Å²) in [6.07, 6.45) is 7.72. The molecule has 0 amide bonds. The molecule has 0 aromatic heterocycles. The van der Waals surface area contributed by atoms with E-state index in [2.05, 4.69) is 6.92 Å². The van der Waals surface area contributed by atoms with Gasteiger partial charge in [-0.15, -0.1) is 0 Å². The largest absolute Gasteiger partial charge is 0.343 e. The van der Waals surface area contributed by atoms with Crippen LogP contribution in [0.4, 0.5) is 0 Å². The molecular weight excluding hydrogens is 302 g/mol. The van der Waals surface area contributed by atoms with Crippen LogP contribution in [-0.4, -0.2) is 24.5 Å². The zero-order chi connectivity index (χ0) is 15.9. The van der Waals surface area contributed by atoms with Gasteiger partial charge in [0.1, 0.15) is 0 Å². The fraction of sp³-hybridized carbons (Fsp3) is 1.00. The minimum Gasteiger partial charge on any atom is -0.324 e. The van der Waals surface area contributed by atoms with E-state index in [4.69, 9.17) is 0 Å². The van der Waals surface area contributed by atoms with Crippen LogP contribution in [0.2, 0.25) is 0 Å². The average molecular weight is 330 g/mol. The van der Waals surface area contributed by atoms with E-state index in [0.29, 0.717) is 6.42 Å². The second kappa shape index (κ2) is 8.67. The van der Waals surface area contributed by atoms with E-state index in [1.165, 1.54) is 19.3 Å². The third-order valence-corrected chi connectivity index (χ3v) is 8.28. The Hall–Kier alpha value is 0.300. The Balaban J connectivity index is 4.14. The third-order valence-electron chi connectivity index (χ3n) is 3.76. The van der Waals surface area contributed by atoms with Gasteiger partial charge < -0.3 is 19.6 Å². The molecule has 0 saturated carbocycles. The van der Waals surface area contributed by atoms with E-state index < -0.39 is 20.1 Å². The smallest absolute Gasteiger partial charge is 0.324 e. The van der Waals surface area contributed by atoms with Crippen molar-refractivity contribution in [3.63, 3.8) is 0 Å². The molecule has 4 N–H and O–H groups in total. The molecule has 0 rings (SSSR count). The first kappa shape index (κ1) is 20.3. The highest BCUT2D eigenvalue weighted by molar-refractivity contribution is 7.72. The van der Waals surface area contributed by atoms with Gasteiger partial charge in [0.05, 0.1) is 0 Å². The van der Waals surface area contributed by atoms with E-state index in [1.54, 1.807) is 0 Å². The predicted octanol–water partition coefficient (Wildman–Crippen LogP) is 3.59. The summed E-state index contributed by atoms with van der Waals surface area (Å²) in [5.41, 5.74) is 0. The number of hydrogen-bond donors (Lipinski definition) is 4. The van der Waals surface area contributed by atoms with Crippen LogP contribution in [0, 0.1) is 0 Å². The average Bonchev–Trinajstić information content (AvgIpc) is 2.29. The Kier molecular flexibility index (Phi) is 8.80. The van der Waals surface area contributed by atoms with Crippen molar-refractivity contribution in [2.24, 2.45) is 0 Å². The first-order valence-electron chi connectivity index (χ1n) is 7.17. The molecule has 0 aliphatic carbocycles. The molecule has 0 unspecified atom stereocenters. The Labute approximate surface area is 121 Å². The van der Waals surface area contributed by atoms with Crippen LogP contribution in [-0.2, 0) is 9.13 Å². The standard InChI is InChI=1S/C12H28O6P2/c1-3-4-5-6-7-8-9-10-11-12(2,19(13,14)15)20(16,17)18/h3-11H2,1-2H3,(H2,13,14,15)(H2,16,17,18). The molecule has 6 nitrogen and oxygen atoms in total. The van der Waals surface area contributed by atoms with Crippen molar-refractivity contribution in [2.75, 3.05) is 0 Å². The fourth-order valence-electron chi connectivity index (χ4n) is 2.05. The van der Waals surface area contributed by atoms with E-state index in [-0.39, 0.29) is 6.42 Å². The molecule has 8 heteroatoms. The summed E-state index contributed by atoms with van der Waals surface area (Å²) < 4.78 is 22.7. The maximum Gasteiger partial charge on any atom is 0.343 e. The molecule has 0 atom stereocenters. The Morgan fingerprint density at radius 2 is 1.10 bits per heavy atom. The van der Waals surface area contributed by atoms with E-state index in [1.807, 2.05) is 0 Å². The normalized spacial score (nSPS) is 13.7. The maximum atomic E-state index is 11.3. The van der Waals surface area contributed by atoms with Crippen LogP contribution in [0.1, 0.15) is 71.6 Å². The van der Waals surface area contributed by atoms with Gasteiger partial charge >= 0.3 is 15.2 Å². The maximum absolute atomic E-state index is 11.3. The zero-order valence-electron chi connectivity index (χ0n) is 12.4. The predicted molar refractivity (Wildman–Crippen MR) is 79.7 cm³/mol. The quantitative estimate of drug-likeness (QED) is 0.340. The van der Waals surface area contributed by atoms with Crippen molar-refractivity contribution in [2.45, 2.75) is 76.5 Å². The molecule has 20 heavy (non-hydrogen) atoms. The van der Waals surface area contributed by atoms with Crippen LogP contribution in [0.15, 0.2) is 0 Å². The highest BCUT2D eigenvalue weighted by Crippen LogP contribution is 2.70. The lowest BCUT2D eigenvalue weighted by molar-refractivity contribution is 0.305. The van der Waals surface area contributed by atoms with Gasteiger partial charge in [0, 0.05) is 0 Å². The van der Waals surface area contributed by atoms with Gasteiger partial charge in [0.15, 0.2) is 4.90 Å². The summed E-state index contributed by atoms with van der Waals surface area (Å²) in [5, 5.41) is 0. The Morgan fingerprint density at radius 1 is 0.750 bits per heavy atom. The van der Waals surface area contributed by atoms with Crippen molar-refractivity contribution in [3.05, 3.63) is 0 Å². The van der Waals surface area contributed by atoms with Crippen molar-refractivity contribution >= 4 is 15.2 Å². The van der Waals surface area contributed by atoms with Crippen molar-refractivity contribution in [1.82, 2.24) is 0 Å². The molecule has 0 aromatic carbocycles. The fourth-order valence-corrected chi connectivity index (χ4v) is 4.31. The molecule has 0 heterocycles. The minimum atomic E-state index is -4.84. The number of rotatable bonds is 11. The molecule has 0 fully saturated rings. The molecule has 0 aliphatic heterocycles. The van der Waals surface area contributed by atoms with Gasteiger partial charge in [-0.25, -0.2) is 0 Å². The molecule has 0 bridgehead atoms. The van der Waals surface area contributed by atoms with E-state index >= 15 is 0 Å². The Bertz CT molecular complexity index is 337. The van der Waals surface area contributed by atoms with E-state index in [9.17, 15) is 28.7 Å². The molecule has 0 spiro atoms. The lowest BCUT2D eigenvalue weighted by Gasteiger charge is -2.30. The van der Waals surface area contributed by atoms with Crippen LogP contribution < -0.4 is 0 Å². The van der Waals surface area contributed by atoms with Crippen molar-refractivity contribution in [3.8, 4) is 0 Å². The third kappa shape index (κ3) is 6.38. The first-order chi connectivity index (χ1) is 9.06. The highest BCUT2D eigenvalue weighted by Gasteiger charge is 2.55. The molecule has 0 aliphatic rings. The second-order valence-electron chi connectivity index (χ2n) is 5.53. The topological polar surface area (TPSA) is 115 Å². The highest BCUT2D eigenvalue weighted by atomic mass is 31.2. The lowest BCUT2D eigenvalue weighted by Crippen LogP contribution is -2.24. The monoisotopic (exact) mass is 330 g/mol. The van der Waals surface area contributed by atoms with Gasteiger partial charge in [-0.1, -0.05) is 58.3 Å². The molecule has 0 radical (unpaired) electrons. The summed E-state index contributed by atoms with van der Waals surface area (Å²) in [7, 11) is -9.69. The van der Waals surface area contributed by atoms with Crippen LogP contribution in [0.3, 0.4) is 0 Å². The van der Waals surface area contributed by atoms with Crippen molar-refractivity contribution in [1.29, 1.82) is 0 Å². The zero-order valence-corrected chi connectivity index (χ0v) is 14.2. The van der Waals surface area contributed by atoms with Crippen LogP contribution in [0.25, 0.3) is 0 Å². The van der Waals surface area contributed by atoms with Crippen molar-refractivity contribution < 1.29 is 28.7 Å². The van der Waals surface area contributed by atoms with Gasteiger partial charge in [-0.05, 0) is 13.3 Å². The summed E-state index contributed by atoms with van der Waals surface area (Å²) >= 11 is 0. The minimum absolute atomic E-state index is 0.156. The summed E-state index contributed by atoms with van der Waals surface area (Å²) in [6.45, 7) is 3.13. The summed E-state index contributed by atoms with van der Waals surface area (Å²) in [5.74, 6) is 0. The summed E-state index contributed by atoms with van der Waals surface area (Å²) in [6, 6.07) is 0. The Morgan fingerprint density at radius 3 is 1.45 bits per heavy atom. The van der Waals surface area contributed by atoms with Crippen LogP contribution in [0.5, 0.6) is 0 Å². The van der Waals surface area contributed by atoms with E-state index in [0.717, 1.165) is 32.6 Å². The van der Waals surface area contributed by atoms with Gasteiger partial charge in [0.2, 0.25) is 0 Å². The molecule has 122 valence electrons. The van der Waals surface area contributed by atoms with Gasteiger partial charge in [-0.2, -0.15) is 0 Å². The van der Waals surface area contributed by atoms with Gasteiger partial charge in [0.25, 0.3) is 0 Å². The van der Waals surface area contributed by atoms with Gasteiger partial charge in [-0.3, -0.25) is 9.13 Å². The lowest BCUT2D eigenvalue weighted by atomic mass is 10.1. The molecule has 0 saturated heterocycles. The first-order valence-corrected chi connectivity index (χ1v) is 10.4. The number of unbranched alkanes of at least 4 members (excludes halogenated alkanes) is 7. The molecule has 0 aromatic rings. The second-order valence-corrected chi connectivity index (χ2v) is 10.0. The summed E-state index contributed by atoms with van der Waals surface area (Å²) in [4.78, 5) is 34.5.